The topological polar surface area (TPSA) is 300 Å². The number of nitrogens with one attached hydrogen (secondary N) is 2. The Kier molecular flexibility index (Phi) is 31.3. The van der Waals surface area contributed by atoms with E-state index < -0.39 is 74.5 Å². The number of aliphatic hydroxyl groups excluding tert-OH is 8. The molecule has 2 saturated heterocycles. The van der Waals surface area contributed by atoms with Crippen LogP contribution in [0.25, 0.3) is 0 Å². The summed E-state index contributed by atoms with van der Waals surface area (Å²) in [5, 5.41) is 101. The van der Waals surface area contributed by atoms with E-state index in [1.165, 1.54) is 114 Å². The van der Waals surface area contributed by atoms with Gasteiger partial charge in [0.05, 0.1) is 37.0 Å². The van der Waals surface area contributed by atoms with Crippen LogP contribution in [0.2, 0.25) is 0 Å². The second-order valence-electron chi connectivity index (χ2n) is 20.4. The predicted molar refractivity (Wildman–Crippen MR) is 270 cm³/mol. The lowest BCUT2D eigenvalue weighted by atomic mass is 9.98. The van der Waals surface area contributed by atoms with Crippen molar-refractivity contribution in [3.63, 3.8) is 0 Å². The average Bonchev–Trinajstić information content (AvgIpc) is 4.04. The van der Waals surface area contributed by atoms with Crippen molar-refractivity contribution in [2.45, 2.75) is 280 Å². The zero-order chi connectivity index (χ0) is 51.8. The molecule has 0 aliphatic carbocycles. The zero-order valence-corrected chi connectivity index (χ0v) is 43.3. The normalized spacial score (nSPS) is 24.4. The van der Waals surface area contributed by atoms with Gasteiger partial charge in [-0.1, -0.05) is 152 Å². The fraction of sp³-hybridized carbons (Fsp3) is 0.885. The number of hydrogen-bond acceptors (Lipinski definition) is 16. The maximum absolute atomic E-state index is 12.3. The van der Waals surface area contributed by atoms with E-state index in [4.69, 9.17) is 9.47 Å². The number of unbranched alkanes of at least 4 members (excludes halogenated alkanes) is 25. The van der Waals surface area contributed by atoms with E-state index in [1.807, 2.05) is 12.4 Å². The number of aromatic nitrogens is 6. The number of rotatable bonds is 41. The van der Waals surface area contributed by atoms with Crippen molar-refractivity contribution in [1.82, 2.24) is 40.6 Å². The van der Waals surface area contributed by atoms with Crippen LogP contribution in [0, 0.1) is 0 Å². The van der Waals surface area contributed by atoms with Crippen LogP contribution in [0.3, 0.4) is 0 Å². The Hall–Kier alpha value is -3.18. The van der Waals surface area contributed by atoms with E-state index in [1.54, 1.807) is 0 Å². The smallest absolute Gasteiger partial charge is 0.222 e. The van der Waals surface area contributed by atoms with E-state index in [2.05, 4.69) is 40.6 Å². The Balaban J connectivity index is 0.874. The first-order valence-electron chi connectivity index (χ1n) is 28.0. The summed E-state index contributed by atoms with van der Waals surface area (Å²) < 4.78 is 14.9. The van der Waals surface area contributed by atoms with Gasteiger partial charge >= 0.3 is 0 Å². The molecule has 2 aliphatic rings. The van der Waals surface area contributed by atoms with Gasteiger partial charge in [0.2, 0.25) is 11.8 Å². The minimum absolute atomic E-state index is 0.288. The van der Waals surface area contributed by atoms with Crippen LogP contribution in [0.5, 0.6) is 0 Å². The molecule has 0 saturated carbocycles. The molecule has 72 heavy (non-hydrogen) atoms. The van der Waals surface area contributed by atoms with Crippen molar-refractivity contribution >= 4 is 11.8 Å². The van der Waals surface area contributed by atoms with E-state index in [0.717, 1.165) is 103 Å². The van der Waals surface area contributed by atoms with Crippen molar-refractivity contribution in [3.05, 3.63) is 23.8 Å². The number of aliphatic hydroxyl groups is 8. The van der Waals surface area contributed by atoms with Gasteiger partial charge in [0, 0.05) is 25.9 Å². The Morgan fingerprint density at radius 2 is 0.708 bits per heavy atom. The number of carbonyl (C=O) groups is 2. The number of carbonyl (C=O) groups excluding carboxylic acids is 2. The highest BCUT2D eigenvalue weighted by molar-refractivity contribution is 5.76. The molecule has 0 aromatic carbocycles. The monoisotopic (exact) mass is 1020 g/mol. The van der Waals surface area contributed by atoms with Crippen LogP contribution in [0.1, 0.15) is 204 Å². The van der Waals surface area contributed by atoms with Crippen molar-refractivity contribution in [1.29, 1.82) is 0 Å². The first-order valence-corrected chi connectivity index (χ1v) is 28.0. The summed E-state index contributed by atoms with van der Waals surface area (Å²) in [7, 11) is 0. The molecule has 2 fully saturated rings. The van der Waals surface area contributed by atoms with E-state index in [0.29, 0.717) is 12.8 Å². The van der Waals surface area contributed by atoms with Gasteiger partial charge in [0.1, 0.15) is 48.8 Å². The maximum Gasteiger partial charge on any atom is 0.222 e. The van der Waals surface area contributed by atoms with Gasteiger partial charge < -0.3 is 61.0 Å². The van der Waals surface area contributed by atoms with Crippen LogP contribution in [0.15, 0.2) is 12.4 Å². The van der Waals surface area contributed by atoms with Gasteiger partial charge in [-0.3, -0.25) is 9.59 Å². The van der Waals surface area contributed by atoms with Crippen molar-refractivity contribution in [3.8, 4) is 0 Å². The molecule has 2 amide bonds. The fourth-order valence-corrected chi connectivity index (χ4v) is 9.82. The highest BCUT2D eigenvalue weighted by atomic mass is 16.6. The van der Waals surface area contributed by atoms with Gasteiger partial charge in [-0.15, -0.1) is 10.2 Å². The zero-order valence-electron chi connectivity index (χ0n) is 43.3. The van der Waals surface area contributed by atoms with Crippen molar-refractivity contribution < 1.29 is 59.9 Å². The largest absolute Gasteiger partial charge is 0.394 e. The maximum atomic E-state index is 12.3. The molecule has 0 radical (unpaired) electrons. The predicted octanol–water partition coefficient (Wildman–Crippen LogP) is 4.19. The Bertz CT molecular complexity index is 1580. The summed E-state index contributed by atoms with van der Waals surface area (Å²) in [4.78, 5) is 24.6. The highest BCUT2D eigenvalue weighted by Gasteiger charge is 2.45. The number of aryl methyl sites for hydroxylation is 4. The van der Waals surface area contributed by atoms with Gasteiger partial charge in [-0.2, -0.15) is 0 Å². The highest BCUT2D eigenvalue weighted by Crippen LogP contribution is 2.22. The molecule has 0 unspecified atom stereocenters. The minimum atomic E-state index is -1.50. The van der Waals surface area contributed by atoms with Crippen LogP contribution < -0.4 is 10.6 Å². The third-order valence-electron chi connectivity index (χ3n) is 14.5. The lowest BCUT2D eigenvalue weighted by Gasteiger charge is -2.40. The first kappa shape index (κ1) is 61.4. The van der Waals surface area contributed by atoms with Gasteiger partial charge in [-0.05, 0) is 51.4 Å². The van der Waals surface area contributed by atoms with E-state index in [9.17, 15) is 50.4 Å². The van der Waals surface area contributed by atoms with Crippen molar-refractivity contribution in [2.24, 2.45) is 0 Å². The Labute approximate surface area is 428 Å². The molecule has 414 valence electrons. The van der Waals surface area contributed by atoms with Crippen LogP contribution in [-0.2, 0) is 45.0 Å². The molecule has 2 aromatic heterocycles. The SMILES string of the molecule is O=C(CCCCCCCCCCCCCCCn1nncc1CCCCc1cnnn1CCCCCCCCCCCCCCCC(=O)N[C@@H]1O[C@H](CO)[C@@H](O)[C@H](O)[C@H]1O)N[C@@H]1O[C@H](CO)[C@@H](O)[C@H](O)[C@H]1O. The van der Waals surface area contributed by atoms with Gasteiger partial charge in [-0.25, -0.2) is 9.36 Å². The molecular formula is C52H94N8O12. The number of nitrogens with zero attached hydrogens (tertiary/aromatic N) is 6. The molecule has 10 N–H and O–H groups in total. The third kappa shape index (κ3) is 23.2. The molecule has 0 bridgehead atoms. The van der Waals surface area contributed by atoms with Crippen LogP contribution >= 0.6 is 0 Å². The van der Waals surface area contributed by atoms with Crippen LogP contribution in [0.4, 0.5) is 0 Å². The fourth-order valence-electron chi connectivity index (χ4n) is 9.82. The molecule has 4 heterocycles. The van der Waals surface area contributed by atoms with Gasteiger partial charge in [0.15, 0.2) is 12.5 Å². The number of ether oxygens (including phenoxy) is 2. The quantitative estimate of drug-likeness (QED) is 0.0418. The second-order valence-corrected chi connectivity index (χ2v) is 20.4. The molecule has 2 aliphatic heterocycles. The van der Waals surface area contributed by atoms with Crippen LogP contribution in [-0.4, -0.2) is 157 Å². The molecular weight excluding hydrogens is 929 g/mol. The average molecular weight is 1020 g/mol. The standard InChI is InChI=1S/C52H94N8O12/c61-37-41-45(65)47(67)49(69)51(71-41)55-43(63)31-23-19-15-11-7-3-1-5-9-13-17-21-27-33-59-39(35-53-57-59)29-25-26-30-40-36-54-58-60(40)34-28-22-18-14-10-6-2-4-8-12-16-20-24-32-44(64)56-52-50(70)48(68)46(66)42(38-62)72-52/h35-36,41-42,45-52,61-62,65-70H,1-34,37-38H2,(H,55,63)(H,56,64)/t41-,42-,45-,46-,47+,48+,49-,50-,51-,52-/m1/s1. The number of amides is 2. The lowest BCUT2D eigenvalue weighted by molar-refractivity contribution is -0.236. The molecule has 0 spiro atoms. The lowest BCUT2D eigenvalue weighted by Crippen LogP contribution is -2.63. The van der Waals surface area contributed by atoms with Crippen molar-refractivity contribution in [2.75, 3.05) is 13.2 Å². The summed E-state index contributed by atoms with van der Waals surface area (Å²) in [5.74, 6) is -0.575. The van der Waals surface area contributed by atoms with Gasteiger partial charge in [0.25, 0.3) is 0 Å². The summed E-state index contributed by atoms with van der Waals surface area (Å²) in [6, 6.07) is 0. The third-order valence-corrected chi connectivity index (χ3v) is 14.5. The summed E-state index contributed by atoms with van der Waals surface area (Å²) in [5.41, 5.74) is 2.43. The summed E-state index contributed by atoms with van der Waals surface area (Å²) in [6.07, 6.45) is 25.3. The molecule has 20 nitrogen and oxygen atoms in total. The molecule has 20 heteroatoms. The molecule has 2 aromatic rings. The summed E-state index contributed by atoms with van der Waals surface area (Å²) in [6.45, 7) is 0.793. The first-order chi connectivity index (χ1) is 35.0. The summed E-state index contributed by atoms with van der Waals surface area (Å²) >= 11 is 0. The Morgan fingerprint density at radius 3 is 1.01 bits per heavy atom. The number of hydrogen-bond donors (Lipinski definition) is 10. The Morgan fingerprint density at radius 1 is 0.417 bits per heavy atom. The second kappa shape index (κ2) is 36.7. The van der Waals surface area contributed by atoms with E-state index in [-0.39, 0.29) is 11.8 Å². The molecule has 4 rings (SSSR count). The van der Waals surface area contributed by atoms with E-state index >= 15 is 0 Å². The minimum Gasteiger partial charge on any atom is -0.394 e. The molecule has 10 atom stereocenters.